The van der Waals surface area contributed by atoms with Gasteiger partial charge in [0.25, 0.3) is 0 Å². The molecule has 1 aromatic heterocycles. The molecule has 2 aromatic carbocycles. The van der Waals surface area contributed by atoms with Crippen LogP contribution in [-0.4, -0.2) is 19.4 Å². The number of hydrogen-bond acceptors (Lipinski definition) is 3. The number of aliphatic hydroxyl groups excluding tert-OH is 1. The minimum absolute atomic E-state index is 0.0498. The van der Waals surface area contributed by atoms with E-state index < -0.39 is 22.5 Å². The van der Waals surface area contributed by atoms with Crippen LogP contribution in [0.15, 0.2) is 72.7 Å². The zero-order valence-electron chi connectivity index (χ0n) is 14.5. The van der Waals surface area contributed by atoms with Crippen molar-refractivity contribution in [3.8, 4) is 11.1 Å². The average molecular weight is 384 g/mol. The molecule has 1 aliphatic rings. The van der Waals surface area contributed by atoms with Crippen molar-refractivity contribution >= 4 is 11.8 Å². The molecule has 27 heavy (non-hydrogen) atoms. The van der Waals surface area contributed by atoms with Gasteiger partial charge in [-0.25, -0.2) is 13.8 Å². The van der Waals surface area contributed by atoms with Crippen molar-refractivity contribution in [2.24, 2.45) is 0 Å². The maximum Gasteiger partial charge on any atom is 0.133 e. The van der Waals surface area contributed by atoms with Gasteiger partial charge in [-0.3, -0.25) is 0 Å². The van der Waals surface area contributed by atoms with Crippen LogP contribution >= 0.6 is 11.8 Å². The third-order valence-electron chi connectivity index (χ3n) is 4.87. The Hall–Kier alpha value is -2.44. The van der Waals surface area contributed by atoms with Crippen molar-refractivity contribution in [1.82, 2.24) is 9.55 Å². The summed E-state index contributed by atoms with van der Waals surface area (Å²) in [6, 6.07) is 9.01. The highest BCUT2D eigenvalue weighted by molar-refractivity contribution is 8.01. The standard InChI is InChI=1S/C21H18F2N2OS/c1-2-8-21(12-25-10-9-24-13-25)20(26)15-7-6-14(11-18(15)27-21)19-16(22)4-3-5-17(19)23/h2-7,9-11,13,20,26H,1,8,12H2. The number of halogens is 2. The van der Waals surface area contributed by atoms with E-state index in [4.69, 9.17) is 0 Å². The third-order valence-corrected chi connectivity index (χ3v) is 6.37. The van der Waals surface area contributed by atoms with Gasteiger partial charge in [-0.15, -0.1) is 18.3 Å². The molecule has 4 rings (SSSR count). The molecule has 0 bridgehead atoms. The number of allylic oxidation sites excluding steroid dienone is 1. The molecular weight excluding hydrogens is 366 g/mol. The molecule has 2 atom stereocenters. The van der Waals surface area contributed by atoms with Crippen LogP contribution in [0.25, 0.3) is 11.1 Å². The summed E-state index contributed by atoms with van der Waals surface area (Å²) in [5.74, 6) is -1.21. The van der Waals surface area contributed by atoms with Gasteiger partial charge in [0.1, 0.15) is 11.6 Å². The molecule has 0 fully saturated rings. The fraction of sp³-hybridized carbons (Fsp3) is 0.190. The number of nitrogens with zero attached hydrogens (tertiary/aromatic N) is 2. The molecule has 0 spiro atoms. The normalized spacial score (nSPS) is 21.2. The summed E-state index contributed by atoms with van der Waals surface area (Å²) in [6.45, 7) is 4.38. The molecule has 138 valence electrons. The third kappa shape index (κ3) is 3.09. The predicted octanol–water partition coefficient (Wildman–Crippen LogP) is 4.98. The van der Waals surface area contributed by atoms with Crippen LogP contribution in [0.2, 0.25) is 0 Å². The number of imidazole rings is 1. The van der Waals surface area contributed by atoms with Gasteiger partial charge in [-0.2, -0.15) is 0 Å². The average Bonchev–Trinajstić information content (AvgIpc) is 3.22. The van der Waals surface area contributed by atoms with Gasteiger partial charge in [0.15, 0.2) is 0 Å². The molecule has 0 amide bonds. The fourth-order valence-electron chi connectivity index (χ4n) is 3.61. The lowest BCUT2D eigenvalue weighted by molar-refractivity contribution is 0.123. The maximum absolute atomic E-state index is 14.2. The number of aliphatic hydroxyl groups is 1. The molecule has 1 N–H and O–H groups in total. The summed E-state index contributed by atoms with van der Waals surface area (Å²) < 4.78 is 29.7. The van der Waals surface area contributed by atoms with Gasteiger partial charge in [-0.1, -0.05) is 24.3 Å². The summed E-state index contributed by atoms with van der Waals surface area (Å²) in [5, 5.41) is 11.0. The second kappa shape index (κ2) is 6.94. The summed E-state index contributed by atoms with van der Waals surface area (Å²) in [7, 11) is 0. The van der Waals surface area contributed by atoms with E-state index in [-0.39, 0.29) is 5.56 Å². The Kier molecular flexibility index (Phi) is 4.61. The molecule has 0 aliphatic carbocycles. The minimum atomic E-state index is -0.725. The first-order valence-electron chi connectivity index (χ1n) is 8.56. The maximum atomic E-state index is 14.2. The molecular formula is C21H18F2N2OS. The Labute approximate surface area is 160 Å². The van der Waals surface area contributed by atoms with E-state index in [1.165, 1.54) is 30.0 Å². The van der Waals surface area contributed by atoms with Gasteiger partial charge < -0.3 is 9.67 Å². The van der Waals surface area contributed by atoms with Crippen LogP contribution in [0.4, 0.5) is 8.78 Å². The number of benzene rings is 2. The van der Waals surface area contributed by atoms with E-state index in [2.05, 4.69) is 11.6 Å². The lowest BCUT2D eigenvalue weighted by Crippen LogP contribution is -2.33. The van der Waals surface area contributed by atoms with E-state index in [9.17, 15) is 13.9 Å². The van der Waals surface area contributed by atoms with E-state index in [1.54, 1.807) is 36.8 Å². The van der Waals surface area contributed by atoms with E-state index in [0.717, 1.165) is 10.5 Å². The first-order valence-corrected chi connectivity index (χ1v) is 9.38. The number of fused-ring (bicyclic) bond motifs is 1. The first kappa shape index (κ1) is 17.9. The van der Waals surface area contributed by atoms with Crippen molar-refractivity contribution in [1.29, 1.82) is 0 Å². The smallest absolute Gasteiger partial charge is 0.133 e. The van der Waals surface area contributed by atoms with Gasteiger partial charge in [0.05, 0.1) is 22.7 Å². The molecule has 3 nitrogen and oxygen atoms in total. The van der Waals surface area contributed by atoms with E-state index in [0.29, 0.717) is 18.5 Å². The zero-order valence-corrected chi connectivity index (χ0v) is 15.3. The Morgan fingerprint density at radius 2 is 2.04 bits per heavy atom. The highest BCUT2D eigenvalue weighted by atomic mass is 32.2. The van der Waals surface area contributed by atoms with Crippen molar-refractivity contribution in [2.45, 2.75) is 28.7 Å². The summed E-state index contributed by atoms with van der Waals surface area (Å²) in [4.78, 5) is 4.89. The second-order valence-electron chi connectivity index (χ2n) is 6.65. The van der Waals surface area contributed by atoms with E-state index >= 15 is 0 Å². The fourth-order valence-corrected chi connectivity index (χ4v) is 5.18. The van der Waals surface area contributed by atoms with Crippen molar-refractivity contribution < 1.29 is 13.9 Å². The molecule has 0 radical (unpaired) electrons. The highest BCUT2D eigenvalue weighted by Gasteiger charge is 2.46. The lowest BCUT2D eigenvalue weighted by atomic mass is 9.91. The molecule has 2 unspecified atom stereocenters. The van der Waals surface area contributed by atoms with Crippen LogP contribution in [0.5, 0.6) is 0 Å². The first-order chi connectivity index (χ1) is 13.0. The van der Waals surface area contributed by atoms with Crippen LogP contribution < -0.4 is 0 Å². The number of thioether (sulfide) groups is 1. The summed E-state index contributed by atoms with van der Waals surface area (Å²) in [5.41, 5.74) is 1.18. The van der Waals surface area contributed by atoms with Crippen LogP contribution in [-0.2, 0) is 6.54 Å². The predicted molar refractivity (Wildman–Crippen MR) is 102 cm³/mol. The van der Waals surface area contributed by atoms with Gasteiger partial charge in [-0.05, 0) is 35.7 Å². The number of hydrogen-bond donors (Lipinski definition) is 1. The molecule has 6 heteroatoms. The van der Waals surface area contributed by atoms with Gasteiger partial charge in [0.2, 0.25) is 0 Å². The Balaban J connectivity index is 1.75. The van der Waals surface area contributed by atoms with E-state index in [1.807, 2.05) is 10.8 Å². The lowest BCUT2D eigenvalue weighted by Gasteiger charge is -2.31. The van der Waals surface area contributed by atoms with Crippen LogP contribution in [0.1, 0.15) is 18.1 Å². The quantitative estimate of drug-likeness (QED) is 0.631. The zero-order chi connectivity index (χ0) is 19.0. The largest absolute Gasteiger partial charge is 0.387 e. The Morgan fingerprint density at radius 1 is 1.26 bits per heavy atom. The SMILES string of the molecule is C=CCC1(Cn2ccnc2)Sc2cc(-c3c(F)cccc3F)ccc2C1O. The number of rotatable bonds is 5. The minimum Gasteiger partial charge on any atom is -0.387 e. The Morgan fingerprint density at radius 3 is 2.70 bits per heavy atom. The van der Waals surface area contributed by atoms with Crippen LogP contribution in [0.3, 0.4) is 0 Å². The topological polar surface area (TPSA) is 38.0 Å². The molecule has 1 aliphatic heterocycles. The molecule has 0 saturated heterocycles. The summed E-state index contributed by atoms with van der Waals surface area (Å²) >= 11 is 1.52. The van der Waals surface area contributed by atoms with Crippen LogP contribution in [0, 0.1) is 11.6 Å². The number of aromatic nitrogens is 2. The molecule has 2 heterocycles. The highest BCUT2D eigenvalue weighted by Crippen LogP contribution is 2.55. The van der Waals surface area contributed by atoms with Gasteiger partial charge >= 0.3 is 0 Å². The molecule has 3 aromatic rings. The second-order valence-corrected chi connectivity index (χ2v) is 8.10. The van der Waals surface area contributed by atoms with Crippen molar-refractivity contribution in [2.75, 3.05) is 0 Å². The van der Waals surface area contributed by atoms with Crippen molar-refractivity contribution in [3.63, 3.8) is 0 Å². The summed E-state index contributed by atoms with van der Waals surface area (Å²) in [6.07, 6.45) is 6.89. The van der Waals surface area contributed by atoms with Gasteiger partial charge in [0, 0.05) is 23.8 Å². The van der Waals surface area contributed by atoms with Crippen molar-refractivity contribution in [3.05, 3.63) is 85.0 Å². The Bertz CT molecular complexity index is 970. The monoisotopic (exact) mass is 384 g/mol. The molecule has 0 saturated carbocycles.